The van der Waals surface area contributed by atoms with Crippen molar-refractivity contribution in [2.45, 2.75) is 77.7 Å². The Morgan fingerprint density at radius 3 is 2.55 bits per heavy atom. The average Bonchev–Trinajstić information content (AvgIpc) is 2.46. The van der Waals surface area contributed by atoms with E-state index in [1.165, 1.54) is 25.7 Å². The summed E-state index contributed by atoms with van der Waals surface area (Å²) in [5.74, 6) is -1.16. The van der Waals surface area contributed by atoms with Gasteiger partial charge in [-0.15, -0.1) is 0 Å². The molecule has 0 aromatic heterocycles. The zero-order chi connectivity index (χ0) is 16.4. The van der Waals surface area contributed by atoms with Gasteiger partial charge in [-0.05, 0) is 25.3 Å². The summed E-state index contributed by atoms with van der Waals surface area (Å²) in [7, 11) is 0. The molecular weight excluding hydrogens is 280 g/mol. The van der Waals surface area contributed by atoms with E-state index in [2.05, 4.69) is 6.92 Å². The number of hydrogen-bond donors (Lipinski definition) is 1. The fraction of sp³-hybridized carbons (Fsp3) is 0.667. The van der Waals surface area contributed by atoms with Crippen molar-refractivity contribution < 1.29 is 19.4 Å². The number of cyclic esters (lactones) is 1. The van der Waals surface area contributed by atoms with Crippen molar-refractivity contribution in [3.8, 4) is 0 Å². The van der Waals surface area contributed by atoms with Crippen LogP contribution in [0.15, 0.2) is 23.5 Å². The molecule has 0 aromatic carbocycles. The smallest absolute Gasteiger partial charge is 0.345 e. The molecule has 1 unspecified atom stereocenters. The fourth-order valence-corrected chi connectivity index (χ4v) is 2.50. The van der Waals surface area contributed by atoms with Crippen LogP contribution in [-0.4, -0.2) is 23.0 Å². The van der Waals surface area contributed by atoms with Gasteiger partial charge in [-0.3, -0.25) is 4.79 Å². The summed E-state index contributed by atoms with van der Waals surface area (Å²) in [5.41, 5.74) is -0.161. The molecule has 1 aliphatic rings. The van der Waals surface area contributed by atoms with Crippen molar-refractivity contribution in [3.63, 3.8) is 0 Å². The first-order chi connectivity index (χ1) is 10.6. The van der Waals surface area contributed by atoms with E-state index in [1.54, 1.807) is 6.08 Å². The number of Topliss-reactive ketones (excluding diaryl/α,β-unsaturated/α-hetero) is 1. The molecule has 4 heteroatoms. The topological polar surface area (TPSA) is 63.6 Å². The standard InChI is InChI=1S/C18H28O4/c1-3-5-6-7-8-9-10-12-14-13-16(20)17(18(21)22-14)15(19)11-4-2/h10,12,14,19H,3-9,11,13H2,1-2H3/b12-10+,17-15+. The first-order valence-electron chi connectivity index (χ1n) is 8.43. The van der Waals surface area contributed by atoms with Crippen molar-refractivity contribution in [2.75, 3.05) is 0 Å². The zero-order valence-electron chi connectivity index (χ0n) is 13.8. The lowest BCUT2D eigenvalue weighted by molar-refractivity contribution is -0.148. The van der Waals surface area contributed by atoms with E-state index in [0.717, 1.165) is 12.8 Å². The van der Waals surface area contributed by atoms with Crippen molar-refractivity contribution >= 4 is 11.8 Å². The third-order valence-corrected chi connectivity index (χ3v) is 3.73. The maximum Gasteiger partial charge on any atom is 0.345 e. The van der Waals surface area contributed by atoms with Crippen LogP contribution in [0.5, 0.6) is 0 Å². The SMILES string of the molecule is CCCCCCC/C=C/C1CC(=O)/C(=C(\O)CCC)C(=O)O1. The number of hydrogen-bond acceptors (Lipinski definition) is 4. The zero-order valence-corrected chi connectivity index (χ0v) is 13.8. The Kier molecular flexibility index (Phi) is 8.56. The van der Waals surface area contributed by atoms with Crippen molar-refractivity contribution in [2.24, 2.45) is 0 Å². The third kappa shape index (κ3) is 6.04. The van der Waals surface area contributed by atoms with Crippen LogP contribution in [0.4, 0.5) is 0 Å². The number of aliphatic hydroxyl groups excluding tert-OH is 1. The lowest BCUT2D eigenvalue weighted by Gasteiger charge is -2.21. The van der Waals surface area contributed by atoms with Gasteiger partial charge in [-0.25, -0.2) is 4.79 Å². The number of ketones is 1. The van der Waals surface area contributed by atoms with Gasteiger partial charge in [0.2, 0.25) is 0 Å². The molecular formula is C18H28O4. The minimum atomic E-state index is -0.695. The Bertz CT molecular complexity index is 414. The number of rotatable bonds is 9. The van der Waals surface area contributed by atoms with E-state index in [-0.39, 0.29) is 23.5 Å². The van der Waals surface area contributed by atoms with Crippen LogP contribution in [0.2, 0.25) is 0 Å². The Hall–Kier alpha value is -1.58. The minimum Gasteiger partial charge on any atom is -0.511 e. The first-order valence-corrected chi connectivity index (χ1v) is 8.43. The molecule has 1 rings (SSSR count). The second kappa shape index (κ2) is 10.2. The van der Waals surface area contributed by atoms with Gasteiger partial charge < -0.3 is 9.84 Å². The van der Waals surface area contributed by atoms with Gasteiger partial charge >= 0.3 is 5.97 Å². The molecule has 0 aromatic rings. The quantitative estimate of drug-likeness (QED) is 0.171. The molecule has 1 fully saturated rings. The van der Waals surface area contributed by atoms with Crippen LogP contribution in [0.3, 0.4) is 0 Å². The molecule has 4 nitrogen and oxygen atoms in total. The van der Waals surface area contributed by atoms with E-state index in [1.807, 2.05) is 13.0 Å². The highest BCUT2D eigenvalue weighted by Crippen LogP contribution is 2.21. The largest absolute Gasteiger partial charge is 0.511 e. The second-order valence-corrected chi connectivity index (χ2v) is 5.77. The Morgan fingerprint density at radius 2 is 1.91 bits per heavy atom. The Labute approximate surface area is 133 Å². The summed E-state index contributed by atoms with van der Waals surface area (Å²) in [6.45, 7) is 4.07. The normalized spacial score (nSPS) is 21.3. The minimum absolute atomic E-state index is 0.126. The molecule has 22 heavy (non-hydrogen) atoms. The van der Waals surface area contributed by atoms with E-state index in [4.69, 9.17) is 4.74 Å². The molecule has 1 aliphatic heterocycles. The summed E-state index contributed by atoms with van der Waals surface area (Å²) in [6, 6.07) is 0. The number of unbranched alkanes of at least 4 members (excludes halogenated alkanes) is 5. The van der Waals surface area contributed by atoms with E-state index >= 15 is 0 Å². The number of esters is 1. The van der Waals surface area contributed by atoms with Crippen LogP contribution < -0.4 is 0 Å². The molecule has 1 heterocycles. The van der Waals surface area contributed by atoms with E-state index in [9.17, 15) is 14.7 Å². The molecule has 1 N–H and O–H groups in total. The highest BCUT2D eigenvalue weighted by molar-refractivity contribution is 6.19. The maximum absolute atomic E-state index is 12.0. The van der Waals surface area contributed by atoms with Crippen molar-refractivity contribution in [3.05, 3.63) is 23.5 Å². The summed E-state index contributed by atoms with van der Waals surface area (Å²) >= 11 is 0. The average molecular weight is 308 g/mol. The summed E-state index contributed by atoms with van der Waals surface area (Å²) < 4.78 is 5.22. The lowest BCUT2D eigenvalue weighted by atomic mass is 9.99. The third-order valence-electron chi connectivity index (χ3n) is 3.73. The second-order valence-electron chi connectivity index (χ2n) is 5.77. The van der Waals surface area contributed by atoms with Crippen molar-refractivity contribution in [1.82, 2.24) is 0 Å². The van der Waals surface area contributed by atoms with Crippen LogP contribution >= 0.6 is 0 Å². The number of carbonyl (C=O) groups is 2. The van der Waals surface area contributed by atoms with Gasteiger partial charge in [-0.1, -0.05) is 45.6 Å². The summed E-state index contributed by atoms with van der Waals surface area (Å²) in [6.07, 6.45) is 11.4. The molecule has 0 bridgehead atoms. The Balaban J connectivity index is 2.43. The van der Waals surface area contributed by atoms with Gasteiger partial charge in [-0.2, -0.15) is 0 Å². The molecule has 0 saturated carbocycles. The van der Waals surface area contributed by atoms with Crippen molar-refractivity contribution in [1.29, 1.82) is 0 Å². The van der Waals surface area contributed by atoms with Gasteiger partial charge in [0.1, 0.15) is 17.4 Å². The molecule has 0 amide bonds. The van der Waals surface area contributed by atoms with Crippen LogP contribution in [0, 0.1) is 0 Å². The number of ether oxygens (including phenoxy) is 1. The van der Waals surface area contributed by atoms with Gasteiger partial charge in [0.25, 0.3) is 0 Å². The number of carbonyl (C=O) groups excluding carboxylic acids is 2. The van der Waals surface area contributed by atoms with E-state index in [0.29, 0.717) is 12.8 Å². The van der Waals surface area contributed by atoms with Crippen LogP contribution in [0.25, 0.3) is 0 Å². The summed E-state index contributed by atoms with van der Waals surface area (Å²) in [5, 5.41) is 9.76. The molecule has 1 saturated heterocycles. The highest BCUT2D eigenvalue weighted by Gasteiger charge is 2.33. The Morgan fingerprint density at radius 1 is 1.18 bits per heavy atom. The molecule has 124 valence electrons. The van der Waals surface area contributed by atoms with Crippen LogP contribution in [0.1, 0.15) is 71.6 Å². The predicted octanol–water partition coefficient (Wildman–Crippen LogP) is 4.40. The number of aliphatic hydroxyl groups is 1. The van der Waals surface area contributed by atoms with Gasteiger partial charge in [0, 0.05) is 6.42 Å². The summed E-state index contributed by atoms with van der Waals surface area (Å²) in [4.78, 5) is 23.8. The molecule has 0 spiro atoms. The highest BCUT2D eigenvalue weighted by atomic mass is 16.5. The van der Waals surface area contributed by atoms with E-state index < -0.39 is 12.1 Å². The fourth-order valence-electron chi connectivity index (χ4n) is 2.50. The lowest BCUT2D eigenvalue weighted by Crippen LogP contribution is -2.32. The van der Waals surface area contributed by atoms with Gasteiger partial charge in [0.15, 0.2) is 5.78 Å². The molecule has 0 aliphatic carbocycles. The number of allylic oxidation sites excluding steroid dienone is 2. The monoisotopic (exact) mass is 308 g/mol. The maximum atomic E-state index is 12.0. The predicted molar refractivity (Wildman–Crippen MR) is 86.6 cm³/mol. The first kappa shape index (κ1) is 18.5. The van der Waals surface area contributed by atoms with Crippen LogP contribution in [-0.2, 0) is 14.3 Å². The molecule has 0 radical (unpaired) electrons. The molecule has 1 atom stereocenters. The van der Waals surface area contributed by atoms with Gasteiger partial charge in [0.05, 0.1) is 6.42 Å².